The molecule has 144 valence electrons. The maximum atomic E-state index is 10.2. The van der Waals surface area contributed by atoms with Crippen LogP contribution in [-0.4, -0.2) is 97.9 Å². The highest BCUT2D eigenvalue weighted by atomic mass is 16.4. The summed E-state index contributed by atoms with van der Waals surface area (Å²) in [5.74, 6) is -0.987. The molecule has 0 aromatic rings. The Morgan fingerprint density at radius 1 is 0.958 bits per heavy atom. The lowest BCUT2D eigenvalue weighted by molar-refractivity contribution is -0.138. The summed E-state index contributed by atoms with van der Waals surface area (Å²) in [6.07, 6.45) is -5.44. The number of hydrogen-bond acceptors (Lipinski definition) is 9. The van der Waals surface area contributed by atoms with Crippen LogP contribution in [-0.2, 0) is 4.79 Å². The van der Waals surface area contributed by atoms with E-state index in [0.29, 0.717) is 19.4 Å². The molecule has 0 fully saturated rings. The summed E-state index contributed by atoms with van der Waals surface area (Å²) < 4.78 is 0. The van der Waals surface area contributed by atoms with Gasteiger partial charge < -0.3 is 52.9 Å². The van der Waals surface area contributed by atoms with Crippen LogP contribution in [0, 0.1) is 0 Å². The molecular formula is C12H28N4O8. The first kappa shape index (κ1) is 24.7. The molecule has 0 heterocycles. The van der Waals surface area contributed by atoms with Crippen molar-refractivity contribution in [2.24, 2.45) is 22.2 Å². The van der Waals surface area contributed by atoms with Crippen LogP contribution in [0.4, 0.5) is 0 Å². The van der Waals surface area contributed by atoms with Crippen LogP contribution in [0.5, 0.6) is 0 Å². The summed E-state index contributed by atoms with van der Waals surface area (Å²) in [6.45, 7) is -1.03. The van der Waals surface area contributed by atoms with Crippen LogP contribution in [0.2, 0.25) is 0 Å². The topological polar surface area (TPSA) is 249 Å². The maximum Gasteiger partial charge on any atom is 0.320 e. The first-order valence-corrected chi connectivity index (χ1v) is 7.06. The highest BCUT2D eigenvalue weighted by Crippen LogP contribution is 2.04. The van der Waals surface area contributed by atoms with Crippen LogP contribution in [0.15, 0.2) is 4.99 Å². The van der Waals surface area contributed by atoms with Crippen LogP contribution in [0.3, 0.4) is 0 Å². The summed E-state index contributed by atoms with van der Waals surface area (Å²) in [4.78, 5) is 13.9. The Hall–Kier alpha value is -1.54. The number of aliphatic hydroxyl groups is 6. The summed E-state index contributed by atoms with van der Waals surface area (Å²) in [5, 5.41) is 60.6. The third-order valence-corrected chi connectivity index (χ3v) is 2.80. The molecule has 0 rings (SSSR count). The standard InChI is InChI=1S/C6H14N4O2.C6H14O6/c7-4(5(11)12)2-1-3-10-6(8)9;7-1-3(9)5(11)6(12)4(10)2-8/h4H,1-3,7H2,(H,11,12)(H4,8,9,10);3-12H,1-2H2. The second kappa shape index (κ2) is 13.9. The second-order valence-electron chi connectivity index (χ2n) is 4.87. The van der Waals surface area contributed by atoms with E-state index in [1.54, 1.807) is 0 Å². The normalized spacial score (nSPS) is 16.8. The smallest absolute Gasteiger partial charge is 0.320 e. The molecule has 0 saturated carbocycles. The predicted octanol–water partition coefficient (Wildman–Crippen LogP) is -5.13. The molecule has 0 amide bonds. The van der Waals surface area contributed by atoms with E-state index in [-0.39, 0.29) is 5.96 Å². The molecule has 5 unspecified atom stereocenters. The van der Waals surface area contributed by atoms with Gasteiger partial charge in [0.05, 0.1) is 13.2 Å². The molecule has 5 atom stereocenters. The zero-order valence-electron chi connectivity index (χ0n) is 13.1. The molecule has 0 radical (unpaired) electrons. The van der Waals surface area contributed by atoms with Gasteiger partial charge in [0.2, 0.25) is 0 Å². The maximum absolute atomic E-state index is 10.2. The van der Waals surface area contributed by atoms with Crippen LogP contribution in [0.1, 0.15) is 12.8 Å². The van der Waals surface area contributed by atoms with Gasteiger partial charge in [-0.05, 0) is 12.8 Å². The highest BCUT2D eigenvalue weighted by molar-refractivity contribution is 5.75. The third-order valence-electron chi connectivity index (χ3n) is 2.80. The van der Waals surface area contributed by atoms with Crippen LogP contribution < -0.4 is 17.2 Å². The molecule has 12 heteroatoms. The van der Waals surface area contributed by atoms with Crippen molar-refractivity contribution in [2.45, 2.75) is 43.3 Å². The minimum atomic E-state index is -1.67. The van der Waals surface area contributed by atoms with Crippen molar-refractivity contribution in [3.05, 3.63) is 0 Å². The Balaban J connectivity index is 0. The fourth-order valence-electron chi connectivity index (χ4n) is 1.31. The van der Waals surface area contributed by atoms with Gasteiger partial charge in [-0.3, -0.25) is 9.79 Å². The van der Waals surface area contributed by atoms with E-state index in [1.807, 2.05) is 0 Å². The Morgan fingerprint density at radius 2 is 1.38 bits per heavy atom. The Bertz CT molecular complexity index is 353. The van der Waals surface area contributed by atoms with E-state index in [9.17, 15) is 4.79 Å². The first-order valence-electron chi connectivity index (χ1n) is 7.06. The minimum absolute atomic E-state index is 0.0129. The zero-order chi connectivity index (χ0) is 19.3. The number of hydrogen-bond donors (Lipinski definition) is 10. The number of nitrogens with zero attached hydrogens (tertiary/aromatic N) is 1. The highest BCUT2D eigenvalue weighted by Gasteiger charge is 2.29. The molecule has 0 aliphatic heterocycles. The van der Waals surface area contributed by atoms with Crippen molar-refractivity contribution in [2.75, 3.05) is 19.8 Å². The first-order chi connectivity index (χ1) is 11.1. The molecule has 12 nitrogen and oxygen atoms in total. The summed E-state index contributed by atoms with van der Waals surface area (Å²) in [6, 6.07) is -0.820. The lowest BCUT2D eigenvalue weighted by Crippen LogP contribution is -2.46. The van der Waals surface area contributed by atoms with Gasteiger partial charge in [0.1, 0.15) is 30.5 Å². The van der Waals surface area contributed by atoms with Gasteiger partial charge in [-0.1, -0.05) is 0 Å². The monoisotopic (exact) mass is 356 g/mol. The number of nitrogens with two attached hydrogens (primary N) is 3. The third kappa shape index (κ3) is 12.0. The molecule has 0 aromatic carbocycles. The number of carboxylic acids is 1. The largest absolute Gasteiger partial charge is 0.480 e. The Kier molecular flexibility index (Phi) is 14.3. The lowest BCUT2D eigenvalue weighted by Gasteiger charge is -2.24. The fourth-order valence-corrected chi connectivity index (χ4v) is 1.31. The molecule has 13 N–H and O–H groups in total. The van der Waals surface area contributed by atoms with E-state index in [2.05, 4.69) is 4.99 Å². The molecule has 0 spiro atoms. The van der Waals surface area contributed by atoms with Gasteiger partial charge >= 0.3 is 5.97 Å². The molecule has 0 aliphatic carbocycles. The summed E-state index contributed by atoms with van der Waals surface area (Å²) >= 11 is 0. The van der Waals surface area contributed by atoms with Crippen molar-refractivity contribution >= 4 is 11.9 Å². The molecule has 24 heavy (non-hydrogen) atoms. The van der Waals surface area contributed by atoms with E-state index in [0.717, 1.165) is 0 Å². The van der Waals surface area contributed by atoms with Gasteiger partial charge in [-0.2, -0.15) is 0 Å². The number of carboxylic acid groups (broad SMARTS) is 1. The lowest BCUT2D eigenvalue weighted by atomic mass is 10.0. The molecule has 0 aromatic heterocycles. The van der Waals surface area contributed by atoms with Crippen LogP contribution in [0.25, 0.3) is 0 Å². The number of aliphatic carboxylic acids is 1. The number of carbonyl (C=O) groups is 1. The molecule has 0 aliphatic rings. The number of aliphatic hydroxyl groups excluding tert-OH is 6. The predicted molar refractivity (Wildman–Crippen MR) is 83.7 cm³/mol. The van der Waals surface area contributed by atoms with Gasteiger partial charge in [-0.15, -0.1) is 0 Å². The van der Waals surface area contributed by atoms with Gasteiger partial charge in [-0.25, -0.2) is 0 Å². The quantitative estimate of drug-likeness (QED) is 0.101. The Labute approximate surface area is 138 Å². The van der Waals surface area contributed by atoms with Crippen molar-refractivity contribution in [3.8, 4) is 0 Å². The summed E-state index contributed by atoms with van der Waals surface area (Å²) in [5.41, 5.74) is 15.3. The van der Waals surface area contributed by atoms with Crippen molar-refractivity contribution in [3.63, 3.8) is 0 Å². The van der Waals surface area contributed by atoms with E-state index in [4.69, 9.17) is 52.9 Å². The molecule has 0 saturated heterocycles. The number of guanidine groups is 1. The SMILES string of the molecule is NC(N)=NCCCC(N)C(=O)O.OCC(O)C(O)C(O)C(O)CO. The van der Waals surface area contributed by atoms with E-state index in [1.165, 1.54) is 0 Å². The average Bonchev–Trinajstić information content (AvgIpc) is 2.55. The average molecular weight is 356 g/mol. The number of aliphatic imine (C=N–C) groups is 1. The number of rotatable bonds is 10. The van der Waals surface area contributed by atoms with Gasteiger partial charge in [0.15, 0.2) is 5.96 Å². The van der Waals surface area contributed by atoms with Crippen LogP contribution >= 0.6 is 0 Å². The van der Waals surface area contributed by atoms with E-state index < -0.39 is 49.6 Å². The van der Waals surface area contributed by atoms with Crippen molar-refractivity contribution in [1.29, 1.82) is 0 Å². The zero-order valence-corrected chi connectivity index (χ0v) is 13.1. The fraction of sp³-hybridized carbons (Fsp3) is 0.833. The van der Waals surface area contributed by atoms with Crippen molar-refractivity contribution in [1.82, 2.24) is 0 Å². The van der Waals surface area contributed by atoms with Gasteiger partial charge in [0, 0.05) is 6.54 Å². The van der Waals surface area contributed by atoms with E-state index >= 15 is 0 Å². The minimum Gasteiger partial charge on any atom is -0.480 e. The molecular weight excluding hydrogens is 328 g/mol. The Morgan fingerprint density at radius 3 is 1.67 bits per heavy atom. The second-order valence-corrected chi connectivity index (χ2v) is 4.87. The molecule has 0 bridgehead atoms. The van der Waals surface area contributed by atoms with Crippen molar-refractivity contribution < 1.29 is 40.5 Å². The van der Waals surface area contributed by atoms with Gasteiger partial charge in [0.25, 0.3) is 0 Å². The summed E-state index contributed by atoms with van der Waals surface area (Å²) in [7, 11) is 0.